The number of nitrogens with one attached hydrogen (secondary N) is 1. The average Bonchev–Trinajstić information content (AvgIpc) is 2.74. The van der Waals surface area contributed by atoms with E-state index in [9.17, 15) is 9.59 Å². The first kappa shape index (κ1) is 27.2. The number of rotatable bonds is 9. The van der Waals surface area contributed by atoms with E-state index in [1.165, 1.54) is 5.56 Å². The molecule has 0 saturated heterocycles. The van der Waals surface area contributed by atoms with Crippen LogP contribution in [0.4, 0.5) is 0 Å². The van der Waals surface area contributed by atoms with Crippen molar-refractivity contribution in [3.8, 4) is 0 Å². The van der Waals surface area contributed by atoms with Crippen molar-refractivity contribution in [1.82, 2.24) is 10.2 Å². The Morgan fingerprint density at radius 1 is 1.00 bits per heavy atom. The Bertz CT molecular complexity index is 950. The Morgan fingerprint density at radius 3 is 2.18 bits per heavy atom. The van der Waals surface area contributed by atoms with Crippen LogP contribution in [0.3, 0.4) is 0 Å². The number of benzene rings is 2. The summed E-state index contributed by atoms with van der Waals surface area (Å²) in [7, 11) is 0. The molecule has 0 aliphatic rings. The van der Waals surface area contributed by atoms with E-state index in [2.05, 4.69) is 50.4 Å². The second-order valence-corrected chi connectivity index (χ2v) is 10.9. The zero-order chi connectivity index (χ0) is 24.8. The van der Waals surface area contributed by atoms with Crippen LogP contribution in [-0.4, -0.2) is 29.3 Å². The number of carbonyl (C=O) groups is 2. The molecule has 1 N–H and O–H groups in total. The third kappa shape index (κ3) is 8.35. The van der Waals surface area contributed by atoms with Crippen LogP contribution in [-0.2, 0) is 28.0 Å². The van der Waals surface area contributed by atoms with Crippen LogP contribution in [0.2, 0.25) is 10.0 Å². The minimum atomic E-state index is -0.619. The lowest BCUT2D eigenvalue weighted by molar-refractivity contribution is -0.140. The van der Waals surface area contributed by atoms with E-state index in [1.807, 2.05) is 13.8 Å². The summed E-state index contributed by atoms with van der Waals surface area (Å²) in [4.78, 5) is 27.7. The molecule has 1 atom stereocenters. The summed E-state index contributed by atoms with van der Waals surface area (Å²) < 4.78 is 0. The Hall–Kier alpha value is -2.04. The van der Waals surface area contributed by atoms with Crippen LogP contribution in [0.5, 0.6) is 0 Å². The van der Waals surface area contributed by atoms with Gasteiger partial charge in [-0.05, 0) is 53.5 Å². The van der Waals surface area contributed by atoms with Crippen molar-refractivity contribution < 1.29 is 9.59 Å². The standard InChI is InChI=1S/C27H36Cl2N2O2/c1-18(2)16-30-26(33)19(3)31(17-21-10-13-23(28)15-24(21)29)25(32)14-9-20-7-11-22(12-8-20)27(4,5)6/h7-8,10-13,15,18-19H,9,14,16-17H2,1-6H3,(H,30,33)/t19-/m0/s1. The Morgan fingerprint density at radius 2 is 1.64 bits per heavy atom. The number of aryl methyl sites for hydroxylation is 1. The van der Waals surface area contributed by atoms with Crippen molar-refractivity contribution in [1.29, 1.82) is 0 Å². The van der Waals surface area contributed by atoms with Crippen LogP contribution in [0, 0.1) is 5.92 Å². The number of hydrogen-bond donors (Lipinski definition) is 1. The molecule has 6 heteroatoms. The maximum Gasteiger partial charge on any atom is 0.242 e. The molecule has 0 aliphatic heterocycles. The molecule has 2 aromatic carbocycles. The fourth-order valence-electron chi connectivity index (χ4n) is 3.43. The van der Waals surface area contributed by atoms with Gasteiger partial charge in [0.05, 0.1) is 0 Å². The highest BCUT2D eigenvalue weighted by molar-refractivity contribution is 6.35. The second-order valence-electron chi connectivity index (χ2n) is 10.0. The van der Waals surface area contributed by atoms with Gasteiger partial charge in [0.1, 0.15) is 6.04 Å². The largest absolute Gasteiger partial charge is 0.354 e. The van der Waals surface area contributed by atoms with Gasteiger partial charge in [-0.15, -0.1) is 0 Å². The first-order chi connectivity index (χ1) is 15.4. The predicted molar refractivity (Wildman–Crippen MR) is 138 cm³/mol. The fraction of sp³-hybridized carbons (Fsp3) is 0.481. The predicted octanol–water partition coefficient (Wildman–Crippen LogP) is 6.41. The van der Waals surface area contributed by atoms with Crippen molar-refractivity contribution >= 4 is 35.0 Å². The van der Waals surface area contributed by atoms with Crippen LogP contribution in [0.15, 0.2) is 42.5 Å². The topological polar surface area (TPSA) is 49.4 Å². The maximum atomic E-state index is 13.3. The molecule has 0 aliphatic carbocycles. The van der Waals surface area contributed by atoms with E-state index in [1.54, 1.807) is 30.0 Å². The van der Waals surface area contributed by atoms with E-state index >= 15 is 0 Å². The van der Waals surface area contributed by atoms with E-state index in [0.29, 0.717) is 35.3 Å². The molecular formula is C27H36Cl2N2O2. The lowest BCUT2D eigenvalue weighted by Crippen LogP contribution is -2.48. The number of amides is 2. The molecule has 0 fully saturated rings. The lowest BCUT2D eigenvalue weighted by atomic mass is 9.86. The first-order valence-electron chi connectivity index (χ1n) is 11.5. The van der Waals surface area contributed by atoms with Crippen molar-refractivity contribution in [2.75, 3.05) is 6.54 Å². The highest BCUT2D eigenvalue weighted by atomic mass is 35.5. The summed E-state index contributed by atoms with van der Waals surface area (Å²) in [5.74, 6) is 0.0665. The van der Waals surface area contributed by atoms with Gasteiger partial charge in [-0.2, -0.15) is 0 Å². The highest BCUT2D eigenvalue weighted by Gasteiger charge is 2.26. The van der Waals surface area contributed by atoms with Crippen molar-refractivity contribution in [2.24, 2.45) is 5.92 Å². The summed E-state index contributed by atoms with van der Waals surface area (Å²) >= 11 is 12.4. The van der Waals surface area contributed by atoms with Gasteiger partial charge in [-0.1, -0.05) is 88.2 Å². The van der Waals surface area contributed by atoms with Crippen LogP contribution in [0.25, 0.3) is 0 Å². The van der Waals surface area contributed by atoms with Gasteiger partial charge >= 0.3 is 0 Å². The molecule has 180 valence electrons. The number of carbonyl (C=O) groups excluding carboxylic acids is 2. The SMILES string of the molecule is CC(C)CNC(=O)[C@H](C)N(Cc1ccc(Cl)cc1Cl)C(=O)CCc1ccc(C(C)(C)C)cc1. The molecule has 2 amide bonds. The first-order valence-corrected chi connectivity index (χ1v) is 12.2. The Labute approximate surface area is 208 Å². The minimum Gasteiger partial charge on any atom is -0.354 e. The number of hydrogen-bond acceptors (Lipinski definition) is 2. The van der Waals surface area contributed by atoms with Gasteiger partial charge in [0.25, 0.3) is 0 Å². The van der Waals surface area contributed by atoms with Gasteiger partial charge < -0.3 is 10.2 Å². The van der Waals surface area contributed by atoms with Gasteiger partial charge in [0, 0.05) is 29.6 Å². The van der Waals surface area contributed by atoms with Gasteiger partial charge in [-0.3, -0.25) is 9.59 Å². The number of nitrogens with zero attached hydrogens (tertiary/aromatic N) is 1. The molecule has 0 heterocycles. The molecule has 2 aromatic rings. The molecular weight excluding hydrogens is 455 g/mol. The fourth-order valence-corrected chi connectivity index (χ4v) is 3.90. The highest BCUT2D eigenvalue weighted by Crippen LogP contribution is 2.25. The molecule has 0 unspecified atom stereocenters. The third-order valence-corrected chi connectivity index (χ3v) is 6.24. The summed E-state index contributed by atoms with van der Waals surface area (Å²) in [5.41, 5.74) is 3.19. The van der Waals surface area contributed by atoms with E-state index < -0.39 is 6.04 Å². The molecule has 0 radical (unpaired) electrons. The molecule has 4 nitrogen and oxygen atoms in total. The van der Waals surface area contributed by atoms with E-state index in [4.69, 9.17) is 23.2 Å². The van der Waals surface area contributed by atoms with Crippen molar-refractivity contribution in [3.05, 3.63) is 69.2 Å². The Kier molecular flexibility index (Phi) is 9.81. The van der Waals surface area contributed by atoms with Crippen molar-refractivity contribution in [3.63, 3.8) is 0 Å². The van der Waals surface area contributed by atoms with Gasteiger partial charge in [-0.25, -0.2) is 0 Å². The zero-order valence-electron chi connectivity index (χ0n) is 20.5. The number of halogens is 2. The lowest BCUT2D eigenvalue weighted by Gasteiger charge is -2.29. The van der Waals surface area contributed by atoms with Crippen LogP contribution in [0.1, 0.15) is 64.7 Å². The van der Waals surface area contributed by atoms with Gasteiger partial charge in [0.2, 0.25) is 11.8 Å². The molecule has 2 rings (SSSR count). The minimum absolute atomic E-state index is 0.0851. The summed E-state index contributed by atoms with van der Waals surface area (Å²) in [6.07, 6.45) is 0.913. The Balaban J connectivity index is 2.16. The van der Waals surface area contributed by atoms with Gasteiger partial charge in [0.15, 0.2) is 0 Å². The normalized spacial score (nSPS) is 12.5. The quantitative estimate of drug-likeness (QED) is 0.441. The van der Waals surface area contributed by atoms with E-state index in [-0.39, 0.29) is 23.8 Å². The molecule has 33 heavy (non-hydrogen) atoms. The monoisotopic (exact) mass is 490 g/mol. The summed E-state index contributed by atoms with van der Waals surface area (Å²) in [5, 5.41) is 3.94. The van der Waals surface area contributed by atoms with E-state index in [0.717, 1.165) is 11.1 Å². The molecule has 0 saturated carbocycles. The maximum absolute atomic E-state index is 13.3. The van der Waals surface area contributed by atoms with Crippen LogP contribution >= 0.6 is 23.2 Å². The summed E-state index contributed by atoms with van der Waals surface area (Å²) in [6, 6.07) is 13.0. The average molecular weight is 492 g/mol. The third-order valence-electron chi connectivity index (χ3n) is 5.66. The molecule has 0 spiro atoms. The molecule has 0 bridgehead atoms. The van der Waals surface area contributed by atoms with Crippen molar-refractivity contribution in [2.45, 2.75) is 72.4 Å². The summed E-state index contributed by atoms with van der Waals surface area (Å²) in [6.45, 7) is 13.2. The molecule has 0 aromatic heterocycles. The van der Waals surface area contributed by atoms with Crippen LogP contribution < -0.4 is 5.32 Å². The smallest absolute Gasteiger partial charge is 0.242 e. The zero-order valence-corrected chi connectivity index (χ0v) is 22.1. The second kappa shape index (κ2) is 11.9.